The number of carbonyl (C=O) groups excluding carboxylic acids is 3. The van der Waals surface area contributed by atoms with E-state index in [1.165, 1.54) is 12.8 Å². The van der Waals surface area contributed by atoms with Crippen molar-refractivity contribution in [3.8, 4) is 0 Å². The van der Waals surface area contributed by atoms with Crippen molar-refractivity contribution >= 4 is 17.7 Å². The molecule has 2 N–H and O–H groups in total. The molecule has 1 aromatic carbocycles. The van der Waals surface area contributed by atoms with Crippen LogP contribution < -0.4 is 10.6 Å². The summed E-state index contributed by atoms with van der Waals surface area (Å²) >= 11 is 0. The Hall–Kier alpha value is -2.25. The summed E-state index contributed by atoms with van der Waals surface area (Å²) in [5.74, 6) is -0.708. The van der Waals surface area contributed by atoms with Gasteiger partial charge in [-0.15, -0.1) is 0 Å². The molecule has 3 atom stereocenters. The number of hydrogen-bond donors (Lipinski definition) is 2. The molecule has 0 radical (unpaired) electrons. The minimum atomic E-state index is -0.546. The largest absolute Gasteiger partial charge is 0.322 e. The lowest BCUT2D eigenvalue weighted by Crippen LogP contribution is -2.62. The third-order valence-corrected chi connectivity index (χ3v) is 6.49. The zero-order valence-corrected chi connectivity index (χ0v) is 15.2. The molecule has 3 amide bonds. The molecule has 3 heterocycles. The molecule has 0 aromatic heterocycles. The summed E-state index contributed by atoms with van der Waals surface area (Å²) in [6, 6.07) is 6.82. The smallest absolute Gasteiger partial charge is 0.255 e. The number of piperazine rings is 1. The zero-order chi connectivity index (χ0) is 18.5. The zero-order valence-electron chi connectivity index (χ0n) is 15.2. The number of carbonyl (C=O) groups is 3. The SMILES string of the molecule is O=C1CCC(N2Cc3ccc(CN4CCN[C@@H]5CC[C@H]54)cc3C2=O)C(=O)N1. The molecule has 1 saturated carbocycles. The minimum Gasteiger partial charge on any atom is -0.322 e. The van der Waals surface area contributed by atoms with Crippen molar-refractivity contribution in [1.82, 2.24) is 20.4 Å². The van der Waals surface area contributed by atoms with Gasteiger partial charge in [-0.25, -0.2) is 0 Å². The molecule has 7 nitrogen and oxygen atoms in total. The van der Waals surface area contributed by atoms with Crippen molar-refractivity contribution in [2.45, 2.75) is 56.9 Å². The monoisotopic (exact) mass is 368 g/mol. The van der Waals surface area contributed by atoms with E-state index < -0.39 is 6.04 Å². The standard InChI is InChI=1S/C20H24N4O3/c25-18-6-5-17(19(26)22-18)24-11-13-2-1-12(9-14(13)20(24)27)10-23-8-7-21-15-3-4-16(15)23/h1-2,9,15-17,21H,3-8,10-11H2,(H,22,25,26)/t15-,16-,17?/m1/s1. The minimum absolute atomic E-state index is 0.0943. The van der Waals surface area contributed by atoms with Gasteiger partial charge in [0, 0.05) is 50.2 Å². The quantitative estimate of drug-likeness (QED) is 0.754. The Morgan fingerprint density at radius 2 is 2.00 bits per heavy atom. The van der Waals surface area contributed by atoms with Crippen LogP contribution in [0.5, 0.6) is 0 Å². The molecular formula is C20H24N4O3. The van der Waals surface area contributed by atoms with E-state index in [-0.39, 0.29) is 24.1 Å². The van der Waals surface area contributed by atoms with Crippen LogP contribution in [-0.2, 0) is 22.7 Å². The van der Waals surface area contributed by atoms with Crippen LogP contribution in [0, 0.1) is 0 Å². The number of nitrogens with one attached hydrogen (secondary N) is 2. The number of imide groups is 1. The van der Waals surface area contributed by atoms with Gasteiger partial charge in [-0.05, 0) is 36.5 Å². The Bertz CT molecular complexity index is 823. The van der Waals surface area contributed by atoms with Crippen LogP contribution in [0.25, 0.3) is 0 Å². The van der Waals surface area contributed by atoms with Gasteiger partial charge >= 0.3 is 0 Å². The van der Waals surface area contributed by atoms with Gasteiger partial charge in [0.2, 0.25) is 11.8 Å². The third-order valence-electron chi connectivity index (χ3n) is 6.49. The first-order valence-corrected chi connectivity index (χ1v) is 9.84. The molecule has 3 fully saturated rings. The molecular weight excluding hydrogens is 344 g/mol. The number of benzene rings is 1. The predicted molar refractivity (Wildman–Crippen MR) is 97.7 cm³/mol. The topological polar surface area (TPSA) is 81.8 Å². The van der Waals surface area contributed by atoms with Crippen molar-refractivity contribution < 1.29 is 14.4 Å². The van der Waals surface area contributed by atoms with Gasteiger partial charge in [0.05, 0.1) is 0 Å². The maximum Gasteiger partial charge on any atom is 0.255 e. The predicted octanol–water partition coefficient (Wildman–Crippen LogP) is 0.384. The molecule has 2 saturated heterocycles. The van der Waals surface area contributed by atoms with Gasteiger partial charge in [-0.2, -0.15) is 0 Å². The Morgan fingerprint density at radius 3 is 2.78 bits per heavy atom. The lowest BCUT2D eigenvalue weighted by molar-refractivity contribution is -0.136. The lowest BCUT2D eigenvalue weighted by Gasteiger charge is -2.49. The molecule has 1 aliphatic carbocycles. The molecule has 1 aromatic rings. The van der Waals surface area contributed by atoms with Crippen LogP contribution in [0.3, 0.4) is 0 Å². The second kappa shape index (κ2) is 6.42. The number of rotatable bonds is 3. The highest BCUT2D eigenvalue weighted by atomic mass is 16.2. The summed E-state index contributed by atoms with van der Waals surface area (Å²) in [4.78, 5) is 40.6. The number of piperidine rings is 1. The average molecular weight is 368 g/mol. The van der Waals surface area contributed by atoms with Gasteiger partial charge in [0.1, 0.15) is 6.04 Å². The summed E-state index contributed by atoms with van der Waals surface area (Å²) in [6.07, 6.45) is 3.18. The van der Waals surface area contributed by atoms with Gasteiger partial charge in [0.25, 0.3) is 5.91 Å². The Balaban J connectivity index is 1.32. The van der Waals surface area contributed by atoms with Crippen LogP contribution in [0.2, 0.25) is 0 Å². The number of nitrogens with zero attached hydrogens (tertiary/aromatic N) is 2. The first kappa shape index (κ1) is 16.9. The third kappa shape index (κ3) is 2.85. The number of fused-ring (bicyclic) bond motifs is 2. The fraction of sp³-hybridized carbons (Fsp3) is 0.550. The van der Waals surface area contributed by atoms with E-state index >= 15 is 0 Å². The van der Waals surface area contributed by atoms with Crippen LogP contribution in [0.1, 0.15) is 47.2 Å². The normalized spacial score (nSPS) is 30.6. The van der Waals surface area contributed by atoms with E-state index in [2.05, 4.69) is 21.6 Å². The fourth-order valence-corrected chi connectivity index (χ4v) is 4.85. The Morgan fingerprint density at radius 1 is 1.11 bits per heavy atom. The van der Waals surface area contributed by atoms with E-state index in [1.807, 2.05) is 12.1 Å². The van der Waals surface area contributed by atoms with Crippen LogP contribution in [0.15, 0.2) is 18.2 Å². The summed E-state index contributed by atoms with van der Waals surface area (Å²) in [5.41, 5.74) is 2.83. The van der Waals surface area contributed by atoms with Crippen molar-refractivity contribution in [2.75, 3.05) is 13.1 Å². The Kier molecular flexibility index (Phi) is 4.02. The van der Waals surface area contributed by atoms with Gasteiger partial charge in [-0.3, -0.25) is 24.6 Å². The summed E-state index contributed by atoms with van der Waals surface area (Å²) in [6.45, 7) is 3.36. The summed E-state index contributed by atoms with van der Waals surface area (Å²) in [7, 11) is 0. The molecule has 3 aliphatic heterocycles. The van der Waals surface area contributed by atoms with E-state index in [1.54, 1.807) is 4.90 Å². The van der Waals surface area contributed by atoms with Crippen molar-refractivity contribution in [2.24, 2.45) is 0 Å². The molecule has 1 unspecified atom stereocenters. The molecule has 142 valence electrons. The van der Waals surface area contributed by atoms with Gasteiger partial charge < -0.3 is 10.2 Å². The first-order chi connectivity index (χ1) is 13.1. The van der Waals surface area contributed by atoms with E-state index in [9.17, 15) is 14.4 Å². The molecule has 4 aliphatic rings. The second-order valence-corrected chi connectivity index (χ2v) is 8.07. The maximum atomic E-state index is 12.9. The van der Waals surface area contributed by atoms with E-state index in [0.29, 0.717) is 30.6 Å². The number of hydrogen-bond acceptors (Lipinski definition) is 5. The van der Waals surface area contributed by atoms with Crippen LogP contribution >= 0.6 is 0 Å². The van der Waals surface area contributed by atoms with Crippen LogP contribution in [0.4, 0.5) is 0 Å². The average Bonchev–Trinajstić information content (AvgIpc) is 2.93. The van der Waals surface area contributed by atoms with Gasteiger partial charge in [-0.1, -0.05) is 12.1 Å². The highest BCUT2D eigenvalue weighted by Gasteiger charge is 2.40. The lowest BCUT2D eigenvalue weighted by atomic mass is 9.83. The van der Waals surface area contributed by atoms with E-state index in [4.69, 9.17) is 0 Å². The second-order valence-electron chi connectivity index (χ2n) is 8.07. The van der Waals surface area contributed by atoms with Crippen molar-refractivity contribution in [3.05, 3.63) is 34.9 Å². The van der Waals surface area contributed by atoms with Crippen molar-refractivity contribution in [3.63, 3.8) is 0 Å². The molecule has 5 rings (SSSR count). The van der Waals surface area contributed by atoms with Gasteiger partial charge in [0.15, 0.2) is 0 Å². The first-order valence-electron chi connectivity index (χ1n) is 9.84. The highest BCUT2D eigenvalue weighted by Crippen LogP contribution is 2.31. The van der Waals surface area contributed by atoms with E-state index in [0.717, 1.165) is 30.8 Å². The highest BCUT2D eigenvalue weighted by molar-refractivity contribution is 6.05. The van der Waals surface area contributed by atoms with Crippen LogP contribution in [-0.4, -0.2) is 58.7 Å². The molecule has 27 heavy (non-hydrogen) atoms. The number of amides is 3. The summed E-state index contributed by atoms with van der Waals surface area (Å²) in [5, 5.41) is 5.92. The van der Waals surface area contributed by atoms with Crippen molar-refractivity contribution in [1.29, 1.82) is 0 Å². The molecule has 0 spiro atoms. The maximum absolute atomic E-state index is 12.9. The fourth-order valence-electron chi connectivity index (χ4n) is 4.85. The summed E-state index contributed by atoms with van der Waals surface area (Å²) < 4.78 is 0. The molecule has 0 bridgehead atoms. The molecule has 7 heteroatoms. The Labute approximate surface area is 158 Å².